The van der Waals surface area contributed by atoms with Crippen LogP contribution in [-0.2, 0) is 11.2 Å². The first kappa shape index (κ1) is 14.6. The molecule has 0 heterocycles. The molecule has 0 aromatic heterocycles. The van der Waals surface area contributed by atoms with E-state index >= 15 is 0 Å². The first-order valence-electron chi connectivity index (χ1n) is 6.21. The van der Waals surface area contributed by atoms with E-state index in [9.17, 15) is 4.79 Å². The molecule has 0 aliphatic heterocycles. The molecule has 0 fully saturated rings. The van der Waals surface area contributed by atoms with Crippen LogP contribution in [-0.4, -0.2) is 19.6 Å². The largest absolute Gasteiger partial charge is 0.496 e. The minimum absolute atomic E-state index is 0.0365. The summed E-state index contributed by atoms with van der Waals surface area (Å²) < 4.78 is 5.25. The average molecular weight is 249 g/mol. The van der Waals surface area contributed by atoms with E-state index in [1.807, 2.05) is 13.0 Å². The molecule has 1 unspecified atom stereocenters. The van der Waals surface area contributed by atoms with Crippen LogP contribution in [0.2, 0.25) is 0 Å². The molecular weight excluding hydrogens is 226 g/mol. The van der Waals surface area contributed by atoms with Crippen molar-refractivity contribution in [2.45, 2.75) is 40.2 Å². The van der Waals surface area contributed by atoms with Gasteiger partial charge >= 0.3 is 0 Å². The number of amides is 1. The fourth-order valence-corrected chi connectivity index (χ4v) is 2.00. The summed E-state index contributed by atoms with van der Waals surface area (Å²) in [6.45, 7) is 8.42. The van der Waals surface area contributed by atoms with Crippen molar-refractivity contribution >= 4 is 6.41 Å². The highest BCUT2D eigenvalue weighted by Crippen LogP contribution is 2.25. The third kappa shape index (κ3) is 3.76. The van der Waals surface area contributed by atoms with Crippen LogP contribution < -0.4 is 10.1 Å². The topological polar surface area (TPSA) is 38.3 Å². The number of methoxy groups -OCH3 is 1. The molecule has 0 bridgehead atoms. The quantitative estimate of drug-likeness (QED) is 0.815. The molecule has 1 aromatic carbocycles. The number of rotatable bonds is 5. The van der Waals surface area contributed by atoms with Gasteiger partial charge in [-0.25, -0.2) is 0 Å². The fourth-order valence-electron chi connectivity index (χ4n) is 2.00. The van der Waals surface area contributed by atoms with Crippen molar-refractivity contribution in [2.75, 3.05) is 7.11 Å². The summed E-state index contributed by atoms with van der Waals surface area (Å²) in [5, 5.41) is 2.91. The molecule has 0 saturated carbocycles. The number of hydrogen-bond donors (Lipinski definition) is 1. The van der Waals surface area contributed by atoms with Gasteiger partial charge in [-0.05, 0) is 36.0 Å². The van der Waals surface area contributed by atoms with Crippen LogP contribution in [0.15, 0.2) is 18.2 Å². The molecule has 3 nitrogen and oxygen atoms in total. The smallest absolute Gasteiger partial charge is 0.207 e. The average Bonchev–Trinajstić information content (AvgIpc) is 2.27. The number of nitrogens with one attached hydrogen (secondary N) is 1. The van der Waals surface area contributed by atoms with Gasteiger partial charge in [0.25, 0.3) is 0 Å². The maximum atomic E-state index is 10.7. The van der Waals surface area contributed by atoms with Gasteiger partial charge in [-0.1, -0.05) is 32.9 Å². The molecule has 1 N–H and O–H groups in total. The van der Waals surface area contributed by atoms with E-state index in [2.05, 4.69) is 38.2 Å². The van der Waals surface area contributed by atoms with E-state index < -0.39 is 0 Å². The highest BCUT2D eigenvalue weighted by atomic mass is 16.5. The van der Waals surface area contributed by atoms with Gasteiger partial charge in [0.2, 0.25) is 6.41 Å². The second kappa shape index (κ2) is 5.89. The predicted molar refractivity (Wildman–Crippen MR) is 73.9 cm³/mol. The molecule has 0 aliphatic carbocycles. The Morgan fingerprint density at radius 3 is 2.50 bits per heavy atom. The van der Waals surface area contributed by atoms with Gasteiger partial charge in [0.1, 0.15) is 5.75 Å². The van der Waals surface area contributed by atoms with E-state index in [1.165, 1.54) is 5.56 Å². The van der Waals surface area contributed by atoms with Crippen molar-refractivity contribution in [3.8, 4) is 5.75 Å². The number of carbonyl (C=O) groups is 1. The Labute approximate surface area is 110 Å². The lowest BCUT2D eigenvalue weighted by Crippen LogP contribution is -2.41. The first-order valence-corrected chi connectivity index (χ1v) is 6.21. The van der Waals surface area contributed by atoms with E-state index in [4.69, 9.17) is 4.74 Å². The third-order valence-corrected chi connectivity index (χ3v) is 3.21. The van der Waals surface area contributed by atoms with Crippen LogP contribution in [0, 0.1) is 12.3 Å². The maximum Gasteiger partial charge on any atom is 0.207 e. The highest BCUT2D eigenvalue weighted by molar-refractivity contribution is 5.47. The van der Waals surface area contributed by atoms with Crippen molar-refractivity contribution < 1.29 is 9.53 Å². The lowest BCUT2D eigenvalue weighted by atomic mass is 9.83. The molecular formula is C15H23NO2. The maximum absolute atomic E-state index is 10.7. The van der Waals surface area contributed by atoms with Gasteiger partial charge in [0, 0.05) is 6.04 Å². The molecule has 1 aromatic rings. The number of carbonyl (C=O) groups excluding carboxylic acids is 1. The van der Waals surface area contributed by atoms with E-state index in [0.29, 0.717) is 0 Å². The monoisotopic (exact) mass is 249 g/mol. The Balaban J connectivity index is 2.87. The molecule has 0 saturated heterocycles. The van der Waals surface area contributed by atoms with Crippen molar-refractivity contribution in [1.29, 1.82) is 0 Å². The Kier molecular flexibility index (Phi) is 4.76. The molecule has 1 amide bonds. The standard InChI is InChI=1S/C15H23NO2/c1-11-8-12(6-7-13(11)18-5)9-14(16-10-17)15(2,3)4/h6-8,10,14H,9H2,1-5H3,(H,16,17). The zero-order valence-electron chi connectivity index (χ0n) is 11.9. The summed E-state index contributed by atoms with van der Waals surface area (Å²) in [6, 6.07) is 6.27. The summed E-state index contributed by atoms with van der Waals surface area (Å²) in [5.74, 6) is 0.898. The second-order valence-electron chi connectivity index (χ2n) is 5.71. The molecule has 18 heavy (non-hydrogen) atoms. The summed E-state index contributed by atoms with van der Waals surface area (Å²) in [4.78, 5) is 10.7. The zero-order chi connectivity index (χ0) is 13.8. The predicted octanol–water partition coefficient (Wildman–Crippen LogP) is 2.71. The van der Waals surface area contributed by atoms with Gasteiger partial charge in [0.05, 0.1) is 7.11 Å². The second-order valence-corrected chi connectivity index (χ2v) is 5.71. The van der Waals surface area contributed by atoms with E-state index in [0.717, 1.165) is 24.1 Å². The fraction of sp³-hybridized carbons (Fsp3) is 0.533. The summed E-state index contributed by atoms with van der Waals surface area (Å²) >= 11 is 0. The van der Waals surface area contributed by atoms with Gasteiger partial charge < -0.3 is 10.1 Å². The summed E-state index contributed by atoms with van der Waals surface area (Å²) in [7, 11) is 1.67. The lowest BCUT2D eigenvalue weighted by Gasteiger charge is -2.30. The van der Waals surface area contributed by atoms with Crippen LogP contribution in [0.1, 0.15) is 31.9 Å². The van der Waals surface area contributed by atoms with Crippen LogP contribution >= 0.6 is 0 Å². The number of hydrogen-bond acceptors (Lipinski definition) is 2. The van der Waals surface area contributed by atoms with Crippen molar-refractivity contribution in [3.63, 3.8) is 0 Å². The molecule has 100 valence electrons. The van der Waals surface area contributed by atoms with Gasteiger partial charge in [-0.2, -0.15) is 0 Å². The first-order chi connectivity index (χ1) is 8.38. The van der Waals surface area contributed by atoms with Crippen LogP contribution in [0.3, 0.4) is 0 Å². The molecule has 1 atom stereocenters. The third-order valence-electron chi connectivity index (χ3n) is 3.21. The Bertz CT molecular complexity index is 407. The minimum atomic E-state index is 0.0365. The van der Waals surface area contributed by atoms with Gasteiger partial charge in [0.15, 0.2) is 0 Å². The normalized spacial score (nSPS) is 12.9. The Hall–Kier alpha value is -1.51. The van der Waals surface area contributed by atoms with Crippen LogP contribution in [0.25, 0.3) is 0 Å². The molecule has 0 radical (unpaired) electrons. The van der Waals surface area contributed by atoms with Gasteiger partial charge in [-0.3, -0.25) is 4.79 Å². The number of benzene rings is 1. The molecule has 1 rings (SSSR count). The molecule has 0 spiro atoms. The van der Waals surface area contributed by atoms with Crippen molar-refractivity contribution in [1.82, 2.24) is 5.32 Å². The Morgan fingerprint density at radius 1 is 1.39 bits per heavy atom. The zero-order valence-corrected chi connectivity index (χ0v) is 11.9. The number of aryl methyl sites for hydroxylation is 1. The summed E-state index contributed by atoms with van der Waals surface area (Å²) in [5.41, 5.74) is 2.37. The Morgan fingerprint density at radius 2 is 2.06 bits per heavy atom. The molecule has 0 aliphatic rings. The van der Waals surface area contributed by atoms with Crippen LogP contribution in [0.4, 0.5) is 0 Å². The van der Waals surface area contributed by atoms with E-state index in [1.54, 1.807) is 7.11 Å². The SMILES string of the molecule is COc1ccc(CC(NC=O)C(C)(C)C)cc1C. The van der Waals surface area contributed by atoms with Crippen molar-refractivity contribution in [2.24, 2.45) is 5.41 Å². The summed E-state index contributed by atoms with van der Waals surface area (Å²) in [6.07, 6.45) is 1.61. The van der Waals surface area contributed by atoms with Crippen LogP contribution in [0.5, 0.6) is 5.75 Å². The van der Waals surface area contributed by atoms with E-state index in [-0.39, 0.29) is 11.5 Å². The minimum Gasteiger partial charge on any atom is -0.496 e. The molecule has 3 heteroatoms. The lowest BCUT2D eigenvalue weighted by molar-refractivity contribution is -0.110. The van der Waals surface area contributed by atoms with Gasteiger partial charge in [-0.15, -0.1) is 0 Å². The van der Waals surface area contributed by atoms with Crippen molar-refractivity contribution in [3.05, 3.63) is 29.3 Å². The highest BCUT2D eigenvalue weighted by Gasteiger charge is 2.24. The number of ether oxygens (including phenoxy) is 1.